The van der Waals surface area contributed by atoms with E-state index >= 15 is 0 Å². The Labute approximate surface area is 113 Å². The molecule has 1 aromatic carbocycles. The Hall–Kier alpha value is -1.91. The average Bonchev–Trinajstić information content (AvgIpc) is 2.46. The molecule has 0 unspecified atom stereocenters. The molecule has 2 aromatic rings. The lowest BCUT2D eigenvalue weighted by Gasteiger charge is -2.10. The van der Waals surface area contributed by atoms with Crippen molar-refractivity contribution in [2.45, 2.75) is 20.1 Å². The quantitative estimate of drug-likeness (QED) is 0.835. The van der Waals surface area contributed by atoms with Crippen LogP contribution in [-0.4, -0.2) is 16.6 Å². The van der Waals surface area contributed by atoms with Crippen molar-refractivity contribution in [3.05, 3.63) is 53.9 Å². The topological polar surface area (TPSA) is 54.4 Å². The van der Waals surface area contributed by atoms with Crippen LogP contribution >= 0.6 is 0 Å². The highest BCUT2D eigenvalue weighted by atomic mass is 16.5. The van der Waals surface area contributed by atoms with Crippen LogP contribution in [-0.2, 0) is 13.2 Å². The van der Waals surface area contributed by atoms with E-state index < -0.39 is 0 Å². The Kier molecular flexibility index (Phi) is 4.89. The molecule has 2 rings (SSSR count). The first-order valence-electron chi connectivity index (χ1n) is 6.34. The molecule has 0 spiro atoms. The number of rotatable bonds is 6. The van der Waals surface area contributed by atoms with Gasteiger partial charge >= 0.3 is 0 Å². The van der Waals surface area contributed by atoms with E-state index in [1.807, 2.05) is 36.5 Å². The van der Waals surface area contributed by atoms with E-state index in [4.69, 9.17) is 4.74 Å². The Bertz CT molecular complexity index is 529. The SMILES string of the molecule is CCNCc1cncc(Oc2ccccc2CO)c1. The van der Waals surface area contributed by atoms with E-state index in [1.165, 1.54) is 0 Å². The van der Waals surface area contributed by atoms with Crippen LogP contribution in [0.25, 0.3) is 0 Å². The summed E-state index contributed by atoms with van der Waals surface area (Å²) in [5, 5.41) is 12.5. The molecule has 0 saturated heterocycles. The highest BCUT2D eigenvalue weighted by Gasteiger charge is 2.04. The maximum atomic E-state index is 9.26. The number of hydrogen-bond acceptors (Lipinski definition) is 4. The molecule has 0 aliphatic heterocycles. The van der Waals surface area contributed by atoms with E-state index in [9.17, 15) is 5.11 Å². The first-order chi connectivity index (χ1) is 9.33. The van der Waals surface area contributed by atoms with E-state index in [0.717, 1.165) is 24.2 Å². The van der Waals surface area contributed by atoms with Gasteiger partial charge in [-0.25, -0.2) is 0 Å². The lowest BCUT2D eigenvalue weighted by atomic mass is 10.2. The van der Waals surface area contributed by atoms with Crippen molar-refractivity contribution in [3.8, 4) is 11.5 Å². The number of aliphatic hydroxyl groups excluding tert-OH is 1. The van der Waals surface area contributed by atoms with Gasteiger partial charge in [0.25, 0.3) is 0 Å². The number of pyridine rings is 1. The maximum absolute atomic E-state index is 9.26. The van der Waals surface area contributed by atoms with Gasteiger partial charge in [0.05, 0.1) is 12.8 Å². The number of nitrogens with one attached hydrogen (secondary N) is 1. The van der Waals surface area contributed by atoms with Gasteiger partial charge in [-0.05, 0) is 24.2 Å². The third-order valence-electron chi connectivity index (χ3n) is 2.72. The average molecular weight is 258 g/mol. The Balaban J connectivity index is 2.14. The second-order valence-corrected chi connectivity index (χ2v) is 4.18. The minimum atomic E-state index is -0.0410. The molecule has 0 radical (unpaired) electrons. The predicted octanol–water partition coefficient (Wildman–Crippen LogP) is 2.48. The molecular formula is C15H18N2O2. The maximum Gasteiger partial charge on any atom is 0.146 e. The van der Waals surface area contributed by atoms with Crippen molar-refractivity contribution in [2.75, 3.05) is 6.54 Å². The summed E-state index contributed by atoms with van der Waals surface area (Å²) in [5.74, 6) is 1.34. The summed E-state index contributed by atoms with van der Waals surface area (Å²) in [7, 11) is 0. The van der Waals surface area contributed by atoms with Crippen LogP contribution in [0.15, 0.2) is 42.7 Å². The number of ether oxygens (including phenoxy) is 1. The fraction of sp³-hybridized carbons (Fsp3) is 0.267. The lowest BCUT2D eigenvalue weighted by molar-refractivity contribution is 0.276. The standard InChI is InChI=1S/C15H18N2O2/c1-2-16-8-12-7-14(10-17-9-12)19-15-6-4-3-5-13(15)11-18/h3-7,9-10,16,18H,2,8,11H2,1H3. The Morgan fingerprint density at radius 2 is 2.11 bits per heavy atom. The molecule has 0 fully saturated rings. The van der Waals surface area contributed by atoms with Gasteiger partial charge < -0.3 is 15.2 Å². The molecule has 0 aliphatic carbocycles. The number of aliphatic hydroxyl groups is 1. The third-order valence-corrected chi connectivity index (χ3v) is 2.72. The fourth-order valence-corrected chi connectivity index (χ4v) is 1.75. The molecule has 0 bridgehead atoms. The first-order valence-corrected chi connectivity index (χ1v) is 6.34. The normalized spacial score (nSPS) is 10.4. The summed E-state index contributed by atoms with van der Waals surface area (Å²) in [6.45, 7) is 3.70. The molecule has 1 heterocycles. The van der Waals surface area contributed by atoms with E-state index in [2.05, 4.69) is 17.2 Å². The summed E-state index contributed by atoms with van der Waals surface area (Å²) in [5.41, 5.74) is 1.83. The van der Waals surface area contributed by atoms with Crippen molar-refractivity contribution < 1.29 is 9.84 Å². The highest BCUT2D eigenvalue weighted by molar-refractivity contribution is 5.37. The monoisotopic (exact) mass is 258 g/mol. The molecule has 4 nitrogen and oxygen atoms in total. The van der Waals surface area contributed by atoms with Crippen molar-refractivity contribution in [1.82, 2.24) is 10.3 Å². The van der Waals surface area contributed by atoms with Gasteiger partial charge in [-0.3, -0.25) is 4.98 Å². The van der Waals surface area contributed by atoms with Crippen molar-refractivity contribution in [3.63, 3.8) is 0 Å². The number of aromatic nitrogens is 1. The second-order valence-electron chi connectivity index (χ2n) is 4.18. The minimum absolute atomic E-state index is 0.0410. The number of para-hydroxylation sites is 1. The van der Waals surface area contributed by atoms with Crippen LogP contribution < -0.4 is 10.1 Å². The molecule has 2 N–H and O–H groups in total. The largest absolute Gasteiger partial charge is 0.455 e. The molecule has 0 saturated carbocycles. The van der Waals surface area contributed by atoms with Gasteiger partial charge in [0.15, 0.2) is 0 Å². The fourth-order valence-electron chi connectivity index (χ4n) is 1.75. The molecule has 100 valence electrons. The van der Waals surface area contributed by atoms with E-state index in [-0.39, 0.29) is 6.61 Å². The molecule has 0 atom stereocenters. The molecule has 19 heavy (non-hydrogen) atoms. The van der Waals surface area contributed by atoms with Gasteiger partial charge in [0.1, 0.15) is 11.5 Å². The first kappa shape index (κ1) is 13.5. The summed E-state index contributed by atoms with van der Waals surface area (Å²) < 4.78 is 5.77. The second kappa shape index (κ2) is 6.87. The number of nitrogens with zero attached hydrogens (tertiary/aromatic N) is 1. The Morgan fingerprint density at radius 3 is 2.89 bits per heavy atom. The number of hydrogen-bond donors (Lipinski definition) is 2. The molecule has 0 amide bonds. The van der Waals surface area contributed by atoms with Crippen LogP contribution in [0.1, 0.15) is 18.1 Å². The van der Waals surface area contributed by atoms with E-state index in [1.54, 1.807) is 6.20 Å². The lowest BCUT2D eigenvalue weighted by Crippen LogP contribution is -2.11. The van der Waals surface area contributed by atoms with Gasteiger partial charge in [-0.15, -0.1) is 0 Å². The van der Waals surface area contributed by atoms with Crippen LogP contribution in [0.4, 0.5) is 0 Å². The molecular weight excluding hydrogens is 240 g/mol. The van der Waals surface area contributed by atoms with Gasteiger partial charge in [-0.1, -0.05) is 25.1 Å². The zero-order valence-electron chi connectivity index (χ0n) is 11.0. The molecule has 0 aliphatic rings. The highest BCUT2D eigenvalue weighted by Crippen LogP contribution is 2.25. The van der Waals surface area contributed by atoms with Gasteiger partial charge in [0, 0.05) is 18.3 Å². The third kappa shape index (κ3) is 3.77. The smallest absolute Gasteiger partial charge is 0.146 e. The van der Waals surface area contributed by atoms with Gasteiger partial charge in [-0.2, -0.15) is 0 Å². The molecule has 1 aromatic heterocycles. The predicted molar refractivity (Wildman–Crippen MR) is 74.1 cm³/mol. The minimum Gasteiger partial charge on any atom is -0.455 e. The summed E-state index contributed by atoms with van der Waals surface area (Å²) in [6.07, 6.45) is 3.48. The van der Waals surface area contributed by atoms with E-state index in [0.29, 0.717) is 11.5 Å². The number of benzene rings is 1. The zero-order chi connectivity index (χ0) is 13.5. The van der Waals surface area contributed by atoms with Crippen LogP contribution in [0.5, 0.6) is 11.5 Å². The van der Waals surface area contributed by atoms with Crippen molar-refractivity contribution >= 4 is 0 Å². The van der Waals surface area contributed by atoms with Crippen LogP contribution in [0, 0.1) is 0 Å². The zero-order valence-corrected chi connectivity index (χ0v) is 11.0. The van der Waals surface area contributed by atoms with Crippen LogP contribution in [0.2, 0.25) is 0 Å². The summed E-state index contributed by atoms with van der Waals surface area (Å²) in [6, 6.07) is 9.38. The van der Waals surface area contributed by atoms with Crippen molar-refractivity contribution in [2.24, 2.45) is 0 Å². The summed E-state index contributed by atoms with van der Waals surface area (Å²) in [4.78, 5) is 4.16. The molecule has 4 heteroatoms. The van der Waals surface area contributed by atoms with Crippen LogP contribution in [0.3, 0.4) is 0 Å². The van der Waals surface area contributed by atoms with Crippen molar-refractivity contribution in [1.29, 1.82) is 0 Å². The summed E-state index contributed by atoms with van der Waals surface area (Å²) >= 11 is 0. The Morgan fingerprint density at radius 1 is 1.26 bits per heavy atom. The van der Waals surface area contributed by atoms with Gasteiger partial charge in [0.2, 0.25) is 0 Å².